The molecule has 0 saturated carbocycles. The van der Waals surface area contributed by atoms with E-state index in [0.29, 0.717) is 18.1 Å². The van der Waals surface area contributed by atoms with Gasteiger partial charge in [-0.1, -0.05) is 6.92 Å². The number of thiazole rings is 1. The number of aryl methyl sites for hydroxylation is 1. The zero-order chi connectivity index (χ0) is 13.7. The van der Waals surface area contributed by atoms with E-state index < -0.39 is 0 Å². The zero-order valence-electron chi connectivity index (χ0n) is 11.4. The van der Waals surface area contributed by atoms with E-state index in [2.05, 4.69) is 34.7 Å². The second-order valence-corrected chi connectivity index (χ2v) is 6.09. The number of rotatable bonds is 6. The highest BCUT2D eigenvalue weighted by Crippen LogP contribution is 2.30. The first kappa shape index (κ1) is 17.1. The van der Waals surface area contributed by atoms with Crippen molar-refractivity contribution in [3.63, 3.8) is 0 Å². The maximum absolute atomic E-state index is 11.6. The number of carbonyl (C=O) groups is 1. The summed E-state index contributed by atoms with van der Waals surface area (Å²) in [6.07, 6.45) is 1.51. The SMILES string of the molecule is CCc1ccc(-c2csc(NC(=O)CCNC)n2)s1.Cl. The molecular weight excluding hydrogens is 314 g/mol. The van der Waals surface area contributed by atoms with Crippen molar-refractivity contribution in [3.05, 3.63) is 22.4 Å². The molecule has 0 aliphatic heterocycles. The largest absolute Gasteiger partial charge is 0.319 e. The number of carbonyl (C=O) groups excluding carboxylic acids is 1. The molecule has 0 unspecified atom stereocenters. The number of amides is 1. The van der Waals surface area contributed by atoms with Gasteiger partial charge in [-0.05, 0) is 25.6 Å². The van der Waals surface area contributed by atoms with Crippen molar-refractivity contribution in [1.82, 2.24) is 10.3 Å². The Labute approximate surface area is 133 Å². The number of hydrogen-bond acceptors (Lipinski definition) is 5. The molecule has 7 heteroatoms. The minimum Gasteiger partial charge on any atom is -0.319 e. The number of anilines is 1. The lowest BCUT2D eigenvalue weighted by atomic mass is 10.3. The van der Waals surface area contributed by atoms with E-state index in [1.165, 1.54) is 16.2 Å². The zero-order valence-corrected chi connectivity index (χ0v) is 13.9. The van der Waals surface area contributed by atoms with Crippen LogP contribution in [0.25, 0.3) is 10.6 Å². The third-order valence-electron chi connectivity index (χ3n) is 2.62. The predicted octanol–water partition coefficient (Wildman–Crippen LogP) is 3.40. The molecule has 2 N–H and O–H groups in total. The van der Waals surface area contributed by atoms with E-state index >= 15 is 0 Å². The highest BCUT2D eigenvalue weighted by atomic mass is 35.5. The third-order valence-corrected chi connectivity index (χ3v) is 4.62. The van der Waals surface area contributed by atoms with Crippen LogP contribution in [0.15, 0.2) is 17.5 Å². The molecule has 0 bridgehead atoms. The normalized spacial score (nSPS) is 10.1. The quantitative estimate of drug-likeness (QED) is 0.853. The summed E-state index contributed by atoms with van der Waals surface area (Å²) in [5.41, 5.74) is 0.943. The molecule has 0 atom stereocenters. The molecule has 110 valence electrons. The van der Waals surface area contributed by atoms with Gasteiger partial charge >= 0.3 is 0 Å². The van der Waals surface area contributed by atoms with Crippen molar-refractivity contribution in [2.45, 2.75) is 19.8 Å². The Morgan fingerprint density at radius 1 is 1.40 bits per heavy atom. The number of nitrogens with zero attached hydrogens (tertiary/aromatic N) is 1. The van der Waals surface area contributed by atoms with Crippen LogP contribution >= 0.6 is 35.1 Å². The Morgan fingerprint density at radius 3 is 2.85 bits per heavy atom. The molecule has 2 aromatic heterocycles. The van der Waals surface area contributed by atoms with Crippen molar-refractivity contribution in [2.75, 3.05) is 18.9 Å². The van der Waals surface area contributed by atoms with Crippen molar-refractivity contribution in [3.8, 4) is 10.6 Å². The van der Waals surface area contributed by atoms with Gasteiger partial charge in [-0.3, -0.25) is 4.79 Å². The smallest absolute Gasteiger partial charge is 0.227 e. The van der Waals surface area contributed by atoms with Gasteiger partial charge in [-0.25, -0.2) is 4.98 Å². The van der Waals surface area contributed by atoms with Crippen LogP contribution in [0.3, 0.4) is 0 Å². The second kappa shape index (κ2) is 8.36. The van der Waals surface area contributed by atoms with Crippen molar-refractivity contribution < 1.29 is 4.79 Å². The minimum absolute atomic E-state index is 0. The maximum atomic E-state index is 11.6. The van der Waals surface area contributed by atoms with Crippen LogP contribution in [0.1, 0.15) is 18.2 Å². The summed E-state index contributed by atoms with van der Waals surface area (Å²) in [4.78, 5) is 18.5. The van der Waals surface area contributed by atoms with Crippen LogP contribution in [0, 0.1) is 0 Å². The first-order valence-electron chi connectivity index (χ1n) is 6.22. The summed E-state index contributed by atoms with van der Waals surface area (Å²) in [6.45, 7) is 2.82. The van der Waals surface area contributed by atoms with E-state index in [1.54, 1.807) is 11.3 Å². The van der Waals surface area contributed by atoms with Gasteiger partial charge in [0.2, 0.25) is 5.91 Å². The van der Waals surface area contributed by atoms with Crippen LogP contribution in [-0.2, 0) is 11.2 Å². The van der Waals surface area contributed by atoms with Crippen molar-refractivity contribution in [2.24, 2.45) is 0 Å². The fraction of sp³-hybridized carbons (Fsp3) is 0.385. The summed E-state index contributed by atoms with van der Waals surface area (Å²) in [7, 11) is 1.83. The van der Waals surface area contributed by atoms with Gasteiger partial charge in [-0.15, -0.1) is 35.1 Å². The average Bonchev–Trinajstić information content (AvgIpc) is 3.04. The van der Waals surface area contributed by atoms with E-state index in [9.17, 15) is 4.79 Å². The summed E-state index contributed by atoms with van der Waals surface area (Å²) >= 11 is 3.22. The van der Waals surface area contributed by atoms with Gasteiger partial charge in [-0.2, -0.15) is 0 Å². The second-order valence-electron chi connectivity index (χ2n) is 4.06. The molecule has 2 rings (SSSR count). The first-order chi connectivity index (χ1) is 9.22. The van der Waals surface area contributed by atoms with E-state index in [-0.39, 0.29) is 18.3 Å². The predicted molar refractivity (Wildman–Crippen MR) is 89.2 cm³/mol. The summed E-state index contributed by atoms with van der Waals surface area (Å²) in [5, 5.41) is 8.42. The molecule has 0 spiro atoms. The van der Waals surface area contributed by atoms with E-state index in [0.717, 1.165) is 17.0 Å². The highest BCUT2D eigenvalue weighted by molar-refractivity contribution is 7.17. The molecule has 0 aliphatic carbocycles. The Balaban J connectivity index is 0.00000200. The standard InChI is InChI=1S/C13H17N3OS2.ClH/c1-3-9-4-5-11(19-9)10-8-18-13(15-10)16-12(17)6-7-14-2;/h4-5,8,14H,3,6-7H2,1-2H3,(H,15,16,17);1H. The number of aromatic nitrogens is 1. The minimum atomic E-state index is -0.00400. The Kier molecular flexibility index (Phi) is 7.15. The Hall–Kier alpha value is -0.950. The summed E-state index contributed by atoms with van der Waals surface area (Å²) < 4.78 is 0. The van der Waals surface area contributed by atoms with Crippen molar-refractivity contribution in [1.29, 1.82) is 0 Å². The van der Waals surface area contributed by atoms with Crippen LogP contribution in [0.2, 0.25) is 0 Å². The lowest BCUT2D eigenvalue weighted by Gasteiger charge is -2.00. The molecule has 0 aliphatic rings. The number of halogens is 1. The van der Waals surface area contributed by atoms with Crippen LogP contribution in [0.4, 0.5) is 5.13 Å². The molecule has 1 amide bonds. The summed E-state index contributed by atoms with van der Waals surface area (Å²) in [6, 6.07) is 4.22. The van der Waals surface area contributed by atoms with Gasteiger partial charge in [0.05, 0.1) is 10.6 Å². The lowest BCUT2D eigenvalue weighted by molar-refractivity contribution is -0.116. The van der Waals surface area contributed by atoms with Crippen LogP contribution in [0.5, 0.6) is 0 Å². The molecule has 2 heterocycles. The molecule has 4 nitrogen and oxygen atoms in total. The third kappa shape index (κ3) is 4.56. The number of hydrogen-bond donors (Lipinski definition) is 2. The molecular formula is C13H18ClN3OS2. The molecule has 2 aromatic rings. The highest BCUT2D eigenvalue weighted by Gasteiger charge is 2.09. The van der Waals surface area contributed by atoms with E-state index in [1.807, 2.05) is 12.4 Å². The molecule has 0 saturated heterocycles. The van der Waals surface area contributed by atoms with Crippen LogP contribution in [-0.4, -0.2) is 24.5 Å². The number of nitrogens with one attached hydrogen (secondary N) is 2. The molecule has 20 heavy (non-hydrogen) atoms. The van der Waals surface area contributed by atoms with Gasteiger partial charge in [0.1, 0.15) is 0 Å². The monoisotopic (exact) mass is 331 g/mol. The Bertz CT molecular complexity index is 553. The molecule has 0 radical (unpaired) electrons. The summed E-state index contributed by atoms with van der Waals surface area (Å²) in [5.74, 6) is -0.00400. The fourth-order valence-corrected chi connectivity index (χ4v) is 3.28. The first-order valence-corrected chi connectivity index (χ1v) is 7.91. The van der Waals surface area contributed by atoms with Crippen LogP contribution < -0.4 is 10.6 Å². The van der Waals surface area contributed by atoms with Gasteiger partial charge in [0, 0.05) is 23.2 Å². The van der Waals surface area contributed by atoms with Crippen molar-refractivity contribution >= 4 is 46.1 Å². The van der Waals surface area contributed by atoms with Gasteiger partial charge in [0.25, 0.3) is 0 Å². The average molecular weight is 332 g/mol. The molecule has 0 fully saturated rings. The lowest BCUT2D eigenvalue weighted by Crippen LogP contribution is -2.18. The number of thiophene rings is 1. The maximum Gasteiger partial charge on any atom is 0.227 e. The topological polar surface area (TPSA) is 54.0 Å². The Morgan fingerprint density at radius 2 is 2.20 bits per heavy atom. The molecule has 0 aromatic carbocycles. The van der Waals surface area contributed by atoms with Gasteiger partial charge < -0.3 is 10.6 Å². The van der Waals surface area contributed by atoms with Gasteiger partial charge in [0.15, 0.2) is 5.13 Å². The fourth-order valence-electron chi connectivity index (χ4n) is 1.57. The van der Waals surface area contributed by atoms with E-state index in [4.69, 9.17) is 0 Å².